The van der Waals surface area contributed by atoms with Crippen molar-refractivity contribution in [2.45, 2.75) is 31.7 Å². The lowest BCUT2D eigenvalue weighted by atomic mass is 10.1. The topological polar surface area (TPSA) is 52.6 Å². The van der Waals surface area contributed by atoms with Gasteiger partial charge in [-0.3, -0.25) is 4.79 Å². The highest BCUT2D eigenvalue weighted by atomic mass is 28.3. The van der Waals surface area contributed by atoms with Gasteiger partial charge in [0.15, 0.2) is 0 Å². The molecule has 0 unspecified atom stereocenters. The highest BCUT2D eigenvalue weighted by molar-refractivity contribution is 6.93. The minimum atomic E-state index is -2.09. The Balaban J connectivity index is 2.24. The number of rotatable bonds is 4. The van der Waals surface area contributed by atoms with Crippen molar-refractivity contribution in [3.05, 3.63) is 30.3 Å². The van der Waals surface area contributed by atoms with E-state index in [1.807, 2.05) is 30.3 Å². The van der Waals surface area contributed by atoms with Crippen molar-refractivity contribution in [1.82, 2.24) is 0 Å². The first-order chi connectivity index (χ1) is 8.98. The number of esters is 2. The summed E-state index contributed by atoms with van der Waals surface area (Å²) in [6.07, 6.45) is -0.727. The Kier molecular flexibility index (Phi) is 3.75. The number of carbonyl (C=O) groups is 2. The number of hydrogen-bond donors (Lipinski definition) is 0. The van der Waals surface area contributed by atoms with Crippen LogP contribution >= 0.6 is 0 Å². The first kappa shape index (κ1) is 13.8. The molecule has 1 fully saturated rings. The zero-order chi connectivity index (χ0) is 14.0. The van der Waals surface area contributed by atoms with E-state index in [2.05, 4.69) is 13.1 Å². The van der Waals surface area contributed by atoms with E-state index in [0.29, 0.717) is 6.61 Å². The number of ether oxygens (including phenoxy) is 2. The zero-order valence-corrected chi connectivity index (χ0v) is 12.4. The fraction of sp³-hybridized carbons (Fsp3) is 0.429. The van der Waals surface area contributed by atoms with E-state index in [9.17, 15) is 9.59 Å². The van der Waals surface area contributed by atoms with Gasteiger partial charge in [0.05, 0.1) is 6.61 Å². The zero-order valence-electron chi connectivity index (χ0n) is 11.4. The molecule has 0 aliphatic carbocycles. The van der Waals surface area contributed by atoms with E-state index >= 15 is 0 Å². The Morgan fingerprint density at radius 1 is 1.32 bits per heavy atom. The number of hydrogen-bond acceptors (Lipinski definition) is 4. The largest absolute Gasteiger partial charge is 0.463 e. The summed E-state index contributed by atoms with van der Waals surface area (Å²) in [5.41, 5.74) is -0.353. The molecule has 1 aromatic carbocycles. The van der Waals surface area contributed by atoms with Crippen molar-refractivity contribution < 1.29 is 19.1 Å². The Hall–Kier alpha value is -1.62. The van der Waals surface area contributed by atoms with Gasteiger partial charge in [0.1, 0.15) is 13.6 Å². The van der Waals surface area contributed by atoms with Crippen LogP contribution in [0.5, 0.6) is 0 Å². The molecule has 0 N–H and O–H groups in total. The summed E-state index contributed by atoms with van der Waals surface area (Å²) in [6, 6.07) is 9.87. The SMILES string of the molecule is CCOC(=O)[C@@H]1OC(=O)[C@@H]1[Si](C)(C)c1ccccc1. The normalized spacial score (nSPS) is 22.4. The van der Waals surface area contributed by atoms with Gasteiger partial charge in [-0.1, -0.05) is 48.6 Å². The molecule has 0 saturated carbocycles. The van der Waals surface area contributed by atoms with Gasteiger partial charge in [-0.15, -0.1) is 0 Å². The Morgan fingerprint density at radius 3 is 2.47 bits per heavy atom. The molecule has 2 rings (SSSR count). The third-order valence-corrected chi connectivity index (χ3v) is 7.53. The van der Waals surface area contributed by atoms with Crippen LogP contribution in [-0.2, 0) is 19.1 Å². The molecule has 102 valence electrons. The van der Waals surface area contributed by atoms with Crippen LogP contribution in [-0.4, -0.2) is 32.7 Å². The van der Waals surface area contributed by atoms with Crippen molar-refractivity contribution in [3.63, 3.8) is 0 Å². The van der Waals surface area contributed by atoms with Crippen molar-refractivity contribution >= 4 is 25.2 Å². The van der Waals surface area contributed by atoms with Crippen LogP contribution in [0.1, 0.15) is 6.92 Å². The fourth-order valence-corrected chi connectivity index (χ4v) is 5.48. The minimum Gasteiger partial charge on any atom is -0.463 e. The lowest BCUT2D eigenvalue weighted by molar-refractivity contribution is -0.185. The van der Waals surface area contributed by atoms with Crippen LogP contribution in [0.15, 0.2) is 30.3 Å². The summed E-state index contributed by atoms with van der Waals surface area (Å²) < 4.78 is 9.96. The lowest BCUT2D eigenvalue weighted by Gasteiger charge is -2.42. The van der Waals surface area contributed by atoms with Crippen molar-refractivity contribution in [2.24, 2.45) is 0 Å². The standard InChI is InChI=1S/C14H18O4Si/c1-4-17-13(15)11-12(14(16)18-11)19(2,3)10-8-6-5-7-9-10/h5-9,11-12H,4H2,1-3H3/t11-,12-/m1/s1. The monoisotopic (exact) mass is 278 g/mol. The molecule has 1 aliphatic rings. The quantitative estimate of drug-likeness (QED) is 0.618. The molecule has 5 heteroatoms. The number of carbonyl (C=O) groups excluding carboxylic acids is 2. The summed E-state index contributed by atoms with van der Waals surface area (Å²) in [6.45, 7) is 6.21. The summed E-state index contributed by atoms with van der Waals surface area (Å²) in [5.74, 6) is -0.706. The van der Waals surface area contributed by atoms with Gasteiger partial charge in [0.2, 0.25) is 6.10 Å². The molecular weight excluding hydrogens is 260 g/mol. The van der Waals surface area contributed by atoms with Gasteiger partial charge >= 0.3 is 11.9 Å². The third kappa shape index (κ3) is 2.42. The van der Waals surface area contributed by atoms with Crippen molar-refractivity contribution in [2.75, 3.05) is 6.61 Å². The minimum absolute atomic E-state index is 0.279. The Labute approximate surface area is 113 Å². The average molecular weight is 278 g/mol. The summed E-state index contributed by atoms with van der Waals surface area (Å²) in [5, 5.41) is 1.14. The summed E-state index contributed by atoms with van der Waals surface area (Å²) >= 11 is 0. The summed E-state index contributed by atoms with van der Waals surface area (Å²) in [7, 11) is -2.09. The Morgan fingerprint density at radius 2 is 1.95 bits per heavy atom. The van der Waals surface area contributed by atoms with E-state index in [1.54, 1.807) is 6.92 Å². The molecule has 1 aromatic rings. The molecule has 0 bridgehead atoms. The second-order valence-corrected chi connectivity index (χ2v) is 9.82. The highest BCUT2D eigenvalue weighted by Crippen LogP contribution is 2.37. The highest BCUT2D eigenvalue weighted by Gasteiger charge is 2.57. The van der Waals surface area contributed by atoms with Crippen molar-refractivity contribution in [1.29, 1.82) is 0 Å². The van der Waals surface area contributed by atoms with Gasteiger partial charge in [0.25, 0.3) is 0 Å². The van der Waals surface area contributed by atoms with E-state index in [0.717, 1.165) is 5.19 Å². The maximum Gasteiger partial charge on any atom is 0.348 e. The molecule has 4 nitrogen and oxygen atoms in total. The van der Waals surface area contributed by atoms with Gasteiger partial charge in [-0.25, -0.2) is 4.79 Å². The number of cyclic esters (lactones) is 1. The molecule has 1 heterocycles. The van der Waals surface area contributed by atoms with Crippen LogP contribution in [0.4, 0.5) is 0 Å². The predicted octanol–water partition coefficient (Wildman–Crippen LogP) is 1.46. The van der Waals surface area contributed by atoms with Gasteiger partial charge in [-0.2, -0.15) is 0 Å². The fourth-order valence-electron chi connectivity index (χ4n) is 2.45. The molecular formula is C14H18O4Si. The molecule has 1 aliphatic heterocycles. The molecule has 0 spiro atoms. The van der Waals surface area contributed by atoms with Crippen LogP contribution in [0.3, 0.4) is 0 Å². The van der Waals surface area contributed by atoms with Crippen LogP contribution in [0.25, 0.3) is 0 Å². The maximum absolute atomic E-state index is 11.8. The van der Waals surface area contributed by atoms with Crippen LogP contribution in [0.2, 0.25) is 18.6 Å². The van der Waals surface area contributed by atoms with Crippen molar-refractivity contribution in [3.8, 4) is 0 Å². The summed E-state index contributed by atoms with van der Waals surface area (Å²) in [4.78, 5) is 23.6. The van der Waals surface area contributed by atoms with Crippen LogP contribution in [0, 0.1) is 0 Å². The molecule has 0 aromatic heterocycles. The second kappa shape index (κ2) is 5.17. The van der Waals surface area contributed by atoms with E-state index in [4.69, 9.17) is 9.47 Å². The van der Waals surface area contributed by atoms with Gasteiger partial charge in [0, 0.05) is 0 Å². The van der Waals surface area contributed by atoms with Gasteiger partial charge in [-0.05, 0) is 6.92 Å². The lowest BCUT2D eigenvalue weighted by Crippen LogP contribution is -2.62. The smallest absolute Gasteiger partial charge is 0.348 e. The number of benzene rings is 1. The second-order valence-electron chi connectivity index (χ2n) is 5.17. The molecule has 1 saturated heterocycles. The van der Waals surface area contributed by atoms with Crippen LogP contribution < -0.4 is 5.19 Å². The Bertz CT molecular complexity index is 483. The predicted molar refractivity (Wildman–Crippen MR) is 73.8 cm³/mol. The van der Waals surface area contributed by atoms with E-state index in [1.165, 1.54) is 0 Å². The molecule has 0 radical (unpaired) electrons. The molecule has 2 atom stereocenters. The van der Waals surface area contributed by atoms with E-state index < -0.39 is 20.1 Å². The first-order valence-electron chi connectivity index (χ1n) is 6.41. The molecule has 19 heavy (non-hydrogen) atoms. The molecule has 0 amide bonds. The van der Waals surface area contributed by atoms with E-state index in [-0.39, 0.29) is 11.5 Å². The average Bonchev–Trinajstić information content (AvgIpc) is 2.36. The maximum atomic E-state index is 11.8. The third-order valence-electron chi connectivity index (χ3n) is 3.61. The first-order valence-corrected chi connectivity index (χ1v) is 9.49. The van der Waals surface area contributed by atoms with Gasteiger partial charge < -0.3 is 9.47 Å².